The highest BCUT2D eigenvalue weighted by Crippen LogP contribution is 2.30. The van der Waals surface area contributed by atoms with Crippen LogP contribution in [0.4, 0.5) is 0 Å². The molecule has 1 aliphatic carbocycles. The van der Waals surface area contributed by atoms with Gasteiger partial charge in [-0.25, -0.2) is 0 Å². The topological polar surface area (TPSA) is 41.6 Å². The van der Waals surface area contributed by atoms with Crippen molar-refractivity contribution in [2.75, 3.05) is 26.7 Å². The largest absolute Gasteiger partial charge is 0.372 e. The van der Waals surface area contributed by atoms with Crippen LogP contribution in [0.3, 0.4) is 0 Å². The van der Waals surface area contributed by atoms with Crippen molar-refractivity contribution in [1.82, 2.24) is 10.2 Å². The first-order valence-electron chi connectivity index (χ1n) is 8.76. The van der Waals surface area contributed by atoms with Gasteiger partial charge in [0, 0.05) is 13.7 Å². The van der Waals surface area contributed by atoms with Crippen LogP contribution in [-0.4, -0.2) is 49.2 Å². The van der Waals surface area contributed by atoms with Crippen LogP contribution in [0.5, 0.6) is 0 Å². The zero-order valence-corrected chi connectivity index (χ0v) is 13.8. The average Bonchev–Trinajstić information content (AvgIpc) is 2.50. The summed E-state index contributed by atoms with van der Waals surface area (Å²) in [6.45, 7) is 5.42. The van der Waals surface area contributed by atoms with Crippen molar-refractivity contribution in [3.63, 3.8) is 0 Å². The van der Waals surface area contributed by atoms with E-state index >= 15 is 0 Å². The van der Waals surface area contributed by atoms with E-state index in [9.17, 15) is 4.79 Å². The monoisotopic (exact) mass is 296 g/mol. The number of ether oxygens (including phenoxy) is 1. The summed E-state index contributed by atoms with van der Waals surface area (Å²) >= 11 is 0. The normalized spacial score (nSPS) is 24.5. The van der Waals surface area contributed by atoms with E-state index in [1.165, 1.54) is 51.6 Å². The first-order chi connectivity index (χ1) is 10.2. The predicted molar refractivity (Wildman–Crippen MR) is 85.3 cm³/mol. The van der Waals surface area contributed by atoms with Gasteiger partial charge in [0.05, 0.1) is 5.54 Å². The molecule has 4 nitrogen and oxygen atoms in total. The number of hydrogen-bond donors (Lipinski definition) is 1. The summed E-state index contributed by atoms with van der Waals surface area (Å²) in [5, 5.41) is 3.38. The molecule has 0 bridgehead atoms. The molecule has 2 aliphatic rings. The van der Waals surface area contributed by atoms with Crippen LogP contribution >= 0.6 is 0 Å². The molecular formula is C17H32N2O2. The molecule has 4 heteroatoms. The highest BCUT2D eigenvalue weighted by Gasteiger charge is 2.36. The molecule has 0 spiro atoms. The predicted octanol–water partition coefficient (Wildman–Crippen LogP) is 2.72. The fourth-order valence-electron chi connectivity index (χ4n) is 3.90. The van der Waals surface area contributed by atoms with Crippen molar-refractivity contribution in [3.05, 3.63) is 0 Å². The Kier molecular flexibility index (Phi) is 6.49. The molecule has 0 aromatic carbocycles. The second-order valence-electron chi connectivity index (χ2n) is 6.80. The number of rotatable bonds is 6. The molecule has 0 radical (unpaired) electrons. The van der Waals surface area contributed by atoms with E-state index in [-0.39, 0.29) is 17.6 Å². The minimum Gasteiger partial charge on any atom is -0.372 e. The smallest absolute Gasteiger partial charge is 0.249 e. The van der Waals surface area contributed by atoms with E-state index in [1.807, 2.05) is 6.92 Å². The third kappa shape index (κ3) is 4.68. The lowest BCUT2D eigenvalue weighted by molar-refractivity contribution is -0.134. The minimum atomic E-state index is -0.301. The minimum absolute atomic E-state index is 0.0153. The molecule has 1 heterocycles. The zero-order valence-electron chi connectivity index (χ0n) is 13.8. The molecule has 1 aliphatic heterocycles. The highest BCUT2D eigenvalue weighted by molar-refractivity contribution is 5.81. The van der Waals surface area contributed by atoms with Crippen LogP contribution in [0.2, 0.25) is 0 Å². The van der Waals surface area contributed by atoms with Crippen LogP contribution in [-0.2, 0) is 9.53 Å². The third-order valence-corrected chi connectivity index (χ3v) is 5.12. The molecule has 1 saturated carbocycles. The maximum absolute atomic E-state index is 12.5. The number of likely N-dealkylation sites (tertiary alicyclic amines) is 1. The Labute approximate surface area is 129 Å². The lowest BCUT2D eigenvalue weighted by atomic mass is 9.80. The van der Waals surface area contributed by atoms with E-state index in [0.29, 0.717) is 0 Å². The average molecular weight is 296 g/mol. The number of hydrogen-bond acceptors (Lipinski definition) is 3. The van der Waals surface area contributed by atoms with Gasteiger partial charge in [-0.15, -0.1) is 0 Å². The molecule has 0 aromatic rings. The molecule has 1 unspecified atom stereocenters. The van der Waals surface area contributed by atoms with E-state index in [1.54, 1.807) is 7.11 Å². The fourth-order valence-corrected chi connectivity index (χ4v) is 3.90. The number of carbonyl (C=O) groups excluding carboxylic acids is 1. The summed E-state index contributed by atoms with van der Waals surface area (Å²) in [6.07, 6.45) is 10.4. The van der Waals surface area contributed by atoms with Crippen molar-refractivity contribution in [1.29, 1.82) is 0 Å². The third-order valence-electron chi connectivity index (χ3n) is 5.12. The van der Waals surface area contributed by atoms with Crippen molar-refractivity contribution >= 4 is 5.91 Å². The van der Waals surface area contributed by atoms with Crippen LogP contribution in [0, 0.1) is 0 Å². The summed E-state index contributed by atoms with van der Waals surface area (Å²) < 4.78 is 5.31. The van der Waals surface area contributed by atoms with Crippen molar-refractivity contribution in [3.8, 4) is 0 Å². The number of carbonyl (C=O) groups is 1. The van der Waals surface area contributed by atoms with Crippen LogP contribution in [0.25, 0.3) is 0 Å². The van der Waals surface area contributed by atoms with Crippen molar-refractivity contribution in [2.24, 2.45) is 0 Å². The van der Waals surface area contributed by atoms with Gasteiger partial charge in [-0.1, -0.05) is 32.6 Å². The van der Waals surface area contributed by atoms with Gasteiger partial charge in [0.15, 0.2) is 0 Å². The van der Waals surface area contributed by atoms with Gasteiger partial charge in [0.1, 0.15) is 6.10 Å². The SMILES string of the molecule is CCC(OC)C(=O)NC1(CN2CCCCC2)CCCCC1. The number of piperidine rings is 1. The van der Waals surface area contributed by atoms with Gasteiger partial charge in [-0.2, -0.15) is 0 Å². The molecule has 2 fully saturated rings. The van der Waals surface area contributed by atoms with E-state index in [0.717, 1.165) is 25.8 Å². The summed E-state index contributed by atoms with van der Waals surface area (Å²) in [5.74, 6) is 0.0823. The summed E-state index contributed by atoms with van der Waals surface area (Å²) in [4.78, 5) is 15.0. The standard InChI is InChI=1S/C17H32N2O2/c1-3-15(21-2)16(20)18-17(10-6-4-7-11-17)14-19-12-8-5-9-13-19/h15H,3-14H2,1-2H3,(H,18,20). The Balaban J connectivity index is 1.99. The van der Waals surface area contributed by atoms with Crippen molar-refractivity contribution < 1.29 is 9.53 Å². The number of nitrogens with one attached hydrogen (secondary N) is 1. The molecule has 2 rings (SSSR count). The molecule has 1 atom stereocenters. The highest BCUT2D eigenvalue weighted by atomic mass is 16.5. The van der Waals surface area contributed by atoms with Gasteiger partial charge in [0.2, 0.25) is 5.91 Å². The molecule has 1 amide bonds. The van der Waals surface area contributed by atoms with E-state index in [4.69, 9.17) is 4.74 Å². The fraction of sp³-hybridized carbons (Fsp3) is 0.941. The Hall–Kier alpha value is -0.610. The van der Waals surface area contributed by atoms with Gasteiger partial charge >= 0.3 is 0 Å². The van der Waals surface area contributed by atoms with Crippen LogP contribution < -0.4 is 5.32 Å². The van der Waals surface area contributed by atoms with Gasteiger partial charge in [-0.3, -0.25) is 4.79 Å². The first kappa shape index (κ1) is 16.8. The van der Waals surface area contributed by atoms with E-state index < -0.39 is 0 Å². The van der Waals surface area contributed by atoms with Gasteiger partial charge < -0.3 is 15.0 Å². The van der Waals surface area contributed by atoms with Crippen LogP contribution in [0.1, 0.15) is 64.7 Å². The Morgan fingerprint density at radius 2 is 1.76 bits per heavy atom. The Bertz CT molecular complexity index is 317. The Morgan fingerprint density at radius 1 is 1.14 bits per heavy atom. The molecule has 1 N–H and O–H groups in total. The molecular weight excluding hydrogens is 264 g/mol. The van der Waals surface area contributed by atoms with Gasteiger partial charge in [-0.05, 0) is 45.2 Å². The maximum atomic E-state index is 12.5. The van der Waals surface area contributed by atoms with E-state index in [2.05, 4.69) is 10.2 Å². The molecule has 21 heavy (non-hydrogen) atoms. The first-order valence-corrected chi connectivity index (χ1v) is 8.76. The molecule has 0 aromatic heterocycles. The maximum Gasteiger partial charge on any atom is 0.249 e. The number of methoxy groups -OCH3 is 1. The summed E-state index contributed by atoms with van der Waals surface area (Å²) in [5.41, 5.74) is -0.0153. The van der Waals surface area contributed by atoms with Crippen LogP contribution in [0.15, 0.2) is 0 Å². The zero-order chi connectivity index (χ0) is 15.1. The lowest BCUT2D eigenvalue weighted by Crippen LogP contribution is -2.59. The van der Waals surface area contributed by atoms with Crippen molar-refractivity contribution in [2.45, 2.75) is 76.4 Å². The Morgan fingerprint density at radius 3 is 2.33 bits per heavy atom. The number of amides is 1. The quantitative estimate of drug-likeness (QED) is 0.819. The number of nitrogens with zero attached hydrogens (tertiary/aromatic N) is 1. The lowest BCUT2D eigenvalue weighted by Gasteiger charge is -2.43. The summed E-state index contributed by atoms with van der Waals surface area (Å²) in [6, 6.07) is 0. The second-order valence-corrected chi connectivity index (χ2v) is 6.80. The second kappa shape index (κ2) is 8.14. The molecule has 122 valence electrons. The van der Waals surface area contributed by atoms with Gasteiger partial charge in [0.25, 0.3) is 0 Å². The molecule has 1 saturated heterocycles. The summed E-state index contributed by atoms with van der Waals surface area (Å²) in [7, 11) is 1.63.